The third-order valence-electron chi connectivity index (χ3n) is 5.64. The Labute approximate surface area is 171 Å². The standard InChI is InChI=1S/C22H26N6O/c1-4-18-5-7-19(8-6-18)22(29)27-11-9-26(10-12-27)20-13-21(24-14-23-20)28-15-25-16(2)17(28)3/h5-8,13-15H,4,9-12H2,1-3H3. The molecule has 0 unspecified atom stereocenters. The lowest BCUT2D eigenvalue weighted by atomic mass is 10.1. The lowest BCUT2D eigenvalue weighted by Gasteiger charge is -2.35. The van der Waals surface area contributed by atoms with Gasteiger partial charge in [-0.05, 0) is 38.0 Å². The van der Waals surface area contributed by atoms with Crippen LogP contribution in [0.5, 0.6) is 0 Å². The predicted octanol–water partition coefficient (Wildman–Crippen LogP) is 2.80. The van der Waals surface area contributed by atoms with Crippen LogP contribution < -0.4 is 4.90 Å². The van der Waals surface area contributed by atoms with E-state index in [1.165, 1.54) is 5.56 Å². The first-order chi connectivity index (χ1) is 14.1. The van der Waals surface area contributed by atoms with Crippen LogP contribution >= 0.6 is 0 Å². The molecular weight excluding hydrogens is 364 g/mol. The average Bonchev–Trinajstić information content (AvgIpc) is 3.12. The van der Waals surface area contributed by atoms with Gasteiger partial charge in [-0.2, -0.15) is 0 Å². The molecule has 1 amide bonds. The average molecular weight is 390 g/mol. The van der Waals surface area contributed by atoms with E-state index in [-0.39, 0.29) is 5.91 Å². The summed E-state index contributed by atoms with van der Waals surface area (Å²) in [4.78, 5) is 30.1. The Morgan fingerprint density at radius 2 is 1.66 bits per heavy atom. The predicted molar refractivity (Wildman–Crippen MR) is 113 cm³/mol. The highest BCUT2D eigenvalue weighted by Crippen LogP contribution is 2.19. The van der Waals surface area contributed by atoms with Crippen LogP contribution in [0.2, 0.25) is 0 Å². The molecule has 1 saturated heterocycles. The summed E-state index contributed by atoms with van der Waals surface area (Å²) >= 11 is 0. The summed E-state index contributed by atoms with van der Waals surface area (Å²) in [5, 5.41) is 0. The minimum absolute atomic E-state index is 0.0974. The van der Waals surface area contributed by atoms with Gasteiger partial charge in [0.15, 0.2) is 0 Å². The molecule has 0 N–H and O–H groups in total. The maximum Gasteiger partial charge on any atom is 0.253 e. The van der Waals surface area contributed by atoms with Crippen molar-refractivity contribution >= 4 is 11.7 Å². The number of aromatic nitrogens is 4. The SMILES string of the molecule is CCc1ccc(C(=O)N2CCN(c3cc(-n4cnc(C)c4C)ncn3)CC2)cc1. The molecule has 0 atom stereocenters. The van der Waals surface area contributed by atoms with Crippen molar-refractivity contribution in [1.29, 1.82) is 0 Å². The van der Waals surface area contributed by atoms with E-state index in [9.17, 15) is 4.79 Å². The largest absolute Gasteiger partial charge is 0.353 e. The molecule has 0 aliphatic carbocycles. The van der Waals surface area contributed by atoms with Gasteiger partial charge >= 0.3 is 0 Å². The minimum Gasteiger partial charge on any atom is -0.353 e. The van der Waals surface area contributed by atoms with Crippen molar-refractivity contribution in [2.45, 2.75) is 27.2 Å². The summed E-state index contributed by atoms with van der Waals surface area (Å²) in [6.45, 7) is 8.98. The second-order valence-electron chi connectivity index (χ2n) is 7.35. The zero-order chi connectivity index (χ0) is 20.4. The molecule has 7 heteroatoms. The Hall–Kier alpha value is -3.22. The number of imidazole rings is 1. The highest BCUT2D eigenvalue weighted by molar-refractivity contribution is 5.94. The van der Waals surface area contributed by atoms with Crippen LogP contribution in [0, 0.1) is 13.8 Å². The topological polar surface area (TPSA) is 67.2 Å². The summed E-state index contributed by atoms with van der Waals surface area (Å²) in [7, 11) is 0. The van der Waals surface area contributed by atoms with Gasteiger partial charge in [0.25, 0.3) is 5.91 Å². The first-order valence-electron chi connectivity index (χ1n) is 10.0. The number of benzene rings is 1. The van der Waals surface area contributed by atoms with Crippen LogP contribution in [0.1, 0.15) is 34.2 Å². The zero-order valence-corrected chi connectivity index (χ0v) is 17.2. The van der Waals surface area contributed by atoms with Gasteiger partial charge in [0.1, 0.15) is 24.3 Å². The van der Waals surface area contributed by atoms with E-state index in [1.54, 1.807) is 12.7 Å². The number of hydrogen-bond acceptors (Lipinski definition) is 5. The Morgan fingerprint density at radius 1 is 0.966 bits per heavy atom. The van der Waals surface area contributed by atoms with E-state index in [2.05, 4.69) is 26.8 Å². The molecule has 1 aromatic carbocycles. The van der Waals surface area contributed by atoms with Gasteiger partial charge in [-0.1, -0.05) is 19.1 Å². The van der Waals surface area contributed by atoms with Crippen molar-refractivity contribution in [2.24, 2.45) is 0 Å². The van der Waals surface area contributed by atoms with Crippen LogP contribution in [0.15, 0.2) is 43.0 Å². The number of nitrogens with zero attached hydrogens (tertiary/aromatic N) is 6. The van der Waals surface area contributed by atoms with Gasteiger partial charge in [0, 0.05) is 43.5 Å². The van der Waals surface area contributed by atoms with Gasteiger partial charge in [0.05, 0.1) is 5.69 Å². The lowest BCUT2D eigenvalue weighted by molar-refractivity contribution is 0.0746. The maximum absolute atomic E-state index is 12.8. The van der Waals surface area contributed by atoms with Crippen molar-refractivity contribution in [3.05, 3.63) is 65.5 Å². The minimum atomic E-state index is 0.0974. The molecule has 0 radical (unpaired) electrons. The van der Waals surface area contributed by atoms with Gasteiger partial charge in [-0.25, -0.2) is 15.0 Å². The Kier molecular flexibility index (Phi) is 5.29. The fourth-order valence-corrected chi connectivity index (χ4v) is 3.58. The number of amides is 1. The van der Waals surface area contributed by atoms with E-state index < -0.39 is 0 Å². The molecule has 150 valence electrons. The van der Waals surface area contributed by atoms with Gasteiger partial charge in [0.2, 0.25) is 0 Å². The third kappa shape index (κ3) is 3.85. The second kappa shape index (κ2) is 8.03. The van der Waals surface area contributed by atoms with E-state index in [0.717, 1.165) is 48.1 Å². The van der Waals surface area contributed by atoms with Crippen LogP contribution in [0.3, 0.4) is 0 Å². The Balaban J connectivity index is 1.43. The zero-order valence-electron chi connectivity index (χ0n) is 17.2. The van der Waals surface area contributed by atoms with Crippen molar-refractivity contribution in [2.75, 3.05) is 31.1 Å². The van der Waals surface area contributed by atoms with E-state index >= 15 is 0 Å². The normalized spacial score (nSPS) is 14.3. The summed E-state index contributed by atoms with van der Waals surface area (Å²) in [6.07, 6.45) is 4.36. The number of aryl methyl sites for hydroxylation is 2. The third-order valence-corrected chi connectivity index (χ3v) is 5.64. The summed E-state index contributed by atoms with van der Waals surface area (Å²) in [5.74, 6) is 1.78. The van der Waals surface area contributed by atoms with Crippen molar-refractivity contribution in [1.82, 2.24) is 24.4 Å². The Bertz CT molecular complexity index is 1000. The van der Waals surface area contributed by atoms with Crippen LogP contribution in [-0.2, 0) is 6.42 Å². The first-order valence-corrected chi connectivity index (χ1v) is 10.0. The second-order valence-corrected chi connectivity index (χ2v) is 7.35. The quantitative estimate of drug-likeness (QED) is 0.685. The van der Waals surface area contributed by atoms with Crippen LogP contribution in [0.4, 0.5) is 5.82 Å². The number of piperazine rings is 1. The molecule has 0 saturated carbocycles. The number of anilines is 1. The summed E-state index contributed by atoms with van der Waals surface area (Å²) in [6, 6.07) is 9.91. The van der Waals surface area contributed by atoms with Crippen molar-refractivity contribution in [3.63, 3.8) is 0 Å². The highest BCUT2D eigenvalue weighted by Gasteiger charge is 2.23. The fourth-order valence-electron chi connectivity index (χ4n) is 3.58. The van der Waals surface area contributed by atoms with Gasteiger partial charge in [-0.15, -0.1) is 0 Å². The van der Waals surface area contributed by atoms with Crippen LogP contribution in [0.25, 0.3) is 5.82 Å². The molecule has 1 fully saturated rings. The van der Waals surface area contributed by atoms with E-state index in [4.69, 9.17) is 0 Å². The molecule has 3 heterocycles. The monoisotopic (exact) mass is 390 g/mol. The lowest BCUT2D eigenvalue weighted by Crippen LogP contribution is -2.49. The number of rotatable bonds is 4. The molecule has 0 spiro atoms. The Morgan fingerprint density at radius 3 is 2.28 bits per heavy atom. The number of carbonyl (C=O) groups excluding carboxylic acids is 1. The molecule has 3 aromatic rings. The molecule has 4 rings (SSSR count). The molecule has 2 aromatic heterocycles. The molecule has 0 bridgehead atoms. The number of carbonyl (C=O) groups is 1. The number of hydrogen-bond donors (Lipinski definition) is 0. The maximum atomic E-state index is 12.8. The molecular formula is C22H26N6O. The van der Waals surface area contributed by atoms with Crippen molar-refractivity contribution < 1.29 is 4.79 Å². The summed E-state index contributed by atoms with van der Waals surface area (Å²) in [5.41, 5.74) is 4.06. The molecule has 1 aliphatic rings. The molecule has 7 nitrogen and oxygen atoms in total. The van der Waals surface area contributed by atoms with Gasteiger partial charge in [-0.3, -0.25) is 9.36 Å². The highest BCUT2D eigenvalue weighted by atomic mass is 16.2. The van der Waals surface area contributed by atoms with E-state index in [0.29, 0.717) is 13.1 Å². The summed E-state index contributed by atoms with van der Waals surface area (Å²) < 4.78 is 1.97. The smallest absolute Gasteiger partial charge is 0.253 e. The molecule has 1 aliphatic heterocycles. The first kappa shape index (κ1) is 19.1. The van der Waals surface area contributed by atoms with Gasteiger partial charge < -0.3 is 9.80 Å². The fraction of sp³-hybridized carbons (Fsp3) is 0.364. The van der Waals surface area contributed by atoms with Crippen molar-refractivity contribution in [3.8, 4) is 5.82 Å². The van der Waals surface area contributed by atoms with E-state index in [1.807, 2.05) is 53.6 Å². The molecule has 29 heavy (non-hydrogen) atoms. The van der Waals surface area contributed by atoms with Crippen LogP contribution in [-0.4, -0.2) is 56.5 Å².